The van der Waals surface area contributed by atoms with Gasteiger partial charge < -0.3 is 10.1 Å². The molecule has 17 heavy (non-hydrogen) atoms. The maximum atomic E-state index is 5.22. The molecule has 0 spiro atoms. The van der Waals surface area contributed by atoms with Crippen LogP contribution in [0.5, 0.6) is 0 Å². The van der Waals surface area contributed by atoms with Crippen molar-refractivity contribution in [3.8, 4) is 0 Å². The summed E-state index contributed by atoms with van der Waals surface area (Å²) in [5, 5.41) is 4.68. The first-order valence-corrected chi connectivity index (χ1v) is 7.22. The molecule has 4 heteroatoms. The molecule has 1 heterocycles. The molecule has 0 bridgehead atoms. The molecule has 1 rings (SSSR count). The third kappa shape index (κ3) is 4.37. The van der Waals surface area contributed by atoms with E-state index in [4.69, 9.17) is 9.72 Å². The van der Waals surface area contributed by atoms with E-state index in [0.29, 0.717) is 12.5 Å². The van der Waals surface area contributed by atoms with Crippen molar-refractivity contribution >= 4 is 11.3 Å². The van der Waals surface area contributed by atoms with Crippen molar-refractivity contribution in [2.45, 2.75) is 52.7 Å². The predicted octanol–water partition coefficient (Wildman–Crippen LogP) is 3.30. The van der Waals surface area contributed by atoms with Crippen LogP contribution in [0.3, 0.4) is 0 Å². The van der Waals surface area contributed by atoms with Gasteiger partial charge in [0.2, 0.25) is 0 Å². The van der Waals surface area contributed by atoms with E-state index in [0.717, 1.165) is 31.6 Å². The smallest absolute Gasteiger partial charge is 0.0960 e. The van der Waals surface area contributed by atoms with Crippen LogP contribution in [0, 0.1) is 0 Å². The number of hydrogen-bond donors (Lipinski definition) is 1. The average molecular weight is 256 g/mol. The minimum atomic E-state index is 0.551. The Hall–Kier alpha value is -0.450. The van der Waals surface area contributed by atoms with E-state index >= 15 is 0 Å². The number of methoxy groups -OCH3 is 1. The average Bonchev–Trinajstić information content (AvgIpc) is 2.73. The van der Waals surface area contributed by atoms with Crippen LogP contribution < -0.4 is 5.32 Å². The first kappa shape index (κ1) is 14.6. The molecule has 1 unspecified atom stereocenters. The van der Waals surface area contributed by atoms with Crippen molar-refractivity contribution in [2.24, 2.45) is 0 Å². The number of thiazole rings is 1. The lowest BCUT2D eigenvalue weighted by atomic mass is 10.1. The van der Waals surface area contributed by atoms with Gasteiger partial charge in [0.15, 0.2) is 0 Å². The molecular weight excluding hydrogens is 232 g/mol. The van der Waals surface area contributed by atoms with Crippen LogP contribution in [-0.4, -0.2) is 18.6 Å². The van der Waals surface area contributed by atoms with E-state index in [1.165, 1.54) is 9.88 Å². The molecule has 1 aromatic rings. The van der Waals surface area contributed by atoms with Gasteiger partial charge in [0.1, 0.15) is 0 Å². The monoisotopic (exact) mass is 256 g/mol. The Morgan fingerprint density at radius 3 is 2.76 bits per heavy atom. The highest BCUT2D eigenvalue weighted by Crippen LogP contribution is 2.27. The summed E-state index contributed by atoms with van der Waals surface area (Å²) in [5.41, 5.74) is 1.11. The van der Waals surface area contributed by atoms with Crippen LogP contribution in [-0.2, 0) is 17.9 Å². The Morgan fingerprint density at radius 2 is 2.18 bits per heavy atom. The summed E-state index contributed by atoms with van der Waals surface area (Å²) < 4.78 is 5.22. The summed E-state index contributed by atoms with van der Waals surface area (Å²) in [6.07, 6.45) is 2.30. The van der Waals surface area contributed by atoms with Crippen molar-refractivity contribution in [3.05, 3.63) is 15.6 Å². The molecule has 0 saturated heterocycles. The second kappa shape index (κ2) is 7.80. The number of aromatic nitrogens is 1. The van der Waals surface area contributed by atoms with Gasteiger partial charge in [-0.3, -0.25) is 0 Å². The van der Waals surface area contributed by atoms with Crippen molar-refractivity contribution < 1.29 is 4.74 Å². The molecule has 0 amide bonds. The SMILES string of the molecule is CCCNCc1sc(C(C)CC)nc1COC. The summed E-state index contributed by atoms with van der Waals surface area (Å²) in [4.78, 5) is 6.03. The van der Waals surface area contributed by atoms with Gasteiger partial charge in [-0.1, -0.05) is 20.8 Å². The third-order valence-corrected chi connectivity index (χ3v) is 4.15. The van der Waals surface area contributed by atoms with Gasteiger partial charge in [-0.15, -0.1) is 11.3 Å². The topological polar surface area (TPSA) is 34.2 Å². The van der Waals surface area contributed by atoms with Crippen LogP contribution in [0.25, 0.3) is 0 Å². The maximum Gasteiger partial charge on any atom is 0.0960 e. The zero-order valence-electron chi connectivity index (χ0n) is 11.4. The molecule has 1 N–H and O–H groups in total. The lowest BCUT2D eigenvalue weighted by Crippen LogP contribution is -2.14. The summed E-state index contributed by atoms with van der Waals surface area (Å²) in [7, 11) is 1.73. The van der Waals surface area contributed by atoms with Crippen molar-refractivity contribution in [1.29, 1.82) is 0 Å². The molecule has 0 aromatic carbocycles. The Morgan fingerprint density at radius 1 is 1.41 bits per heavy atom. The van der Waals surface area contributed by atoms with Crippen molar-refractivity contribution in [1.82, 2.24) is 10.3 Å². The lowest BCUT2D eigenvalue weighted by Gasteiger charge is -2.02. The largest absolute Gasteiger partial charge is 0.378 e. The Bertz CT molecular complexity index is 325. The van der Waals surface area contributed by atoms with E-state index in [9.17, 15) is 0 Å². The summed E-state index contributed by atoms with van der Waals surface area (Å²) >= 11 is 1.83. The Labute approximate surface area is 109 Å². The van der Waals surface area contributed by atoms with Gasteiger partial charge in [0.05, 0.1) is 17.3 Å². The minimum absolute atomic E-state index is 0.551. The number of ether oxygens (including phenoxy) is 1. The first-order chi connectivity index (χ1) is 8.22. The van der Waals surface area contributed by atoms with E-state index < -0.39 is 0 Å². The lowest BCUT2D eigenvalue weighted by molar-refractivity contribution is 0.181. The van der Waals surface area contributed by atoms with E-state index in [1.807, 2.05) is 11.3 Å². The number of rotatable bonds is 8. The normalized spacial score (nSPS) is 12.9. The van der Waals surface area contributed by atoms with Crippen LogP contribution in [0.4, 0.5) is 0 Å². The van der Waals surface area contributed by atoms with Gasteiger partial charge >= 0.3 is 0 Å². The molecule has 0 aliphatic heterocycles. The predicted molar refractivity (Wildman–Crippen MR) is 73.5 cm³/mol. The molecule has 1 aromatic heterocycles. The highest BCUT2D eigenvalue weighted by molar-refractivity contribution is 7.11. The molecule has 0 aliphatic carbocycles. The van der Waals surface area contributed by atoms with Gasteiger partial charge in [-0.2, -0.15) is 0 Å². The van der Waals surface area contributed by atoms with Gasteiger partial charge in [-0.25, -0.2) is 4.98 Å². The zero-order chi connectivity index (χ0) is 12.7. The molecule has 98 valence electrons. The molecule has 0 aliphatic rings. The fourth-order valence-corrected chi connectivity index (χ4v) is 2.73. The molecule has 0 radical (unpaired) electrons. The molecule has 3 nitrogen and oxygen atoms in total. The third-order valence-electron chi connectivity index (χ3n) is 2.82. The van der Waals surface area contributed by atoms with Gasteiger partial charge in [-0.05, 0) is 19.4 Å². The van der Waals surface area contributed by atoms with Crippen LogP contribution in [0.2, 0.25) is 0 Å². The number of nitrogens with one attached hydrogen (secondary N) is 1. The van der Waals surface area contributed by atoms with Gasteiger partial charge in [0, 0.05) is 24.4 Å². The Kier molecular flexibility index (Phi) is 6.70. The maximum absolute atomic E-state index is 5.22. The van der Waals surface area contributed by atoms with Crippen LogP contribution in [0.15, 0.2) is 0 Å². The standard InChI is InChI=1S/C13H24N2OS/c1-5-7-14-8-12-11(9-16-4)15-13(17-12)10(3)6-2/h10,14H,5-9H2,1-4H3. The quantitative estimate of drug-likeness (QED) is 0.725. The van der Waals surface area contributed by atoms with E-state index in [2.05, 4.69) is 26.1 Å². The van der Waals surface area contributed by atoms with E-state index in [-0.39, 0.29) is 0 Å². The minimum Gasteiger partial charge on any atom is -0.378 e. The second-order valence-corrected chi connectivity index (χ2v) is 5.46. The summed E-state index contributed by atoms with van der Waals surface area (Å²) in [6, 6.07) is 0. The summed E-state index contributed by atoms with van der Waals surface area (Å²) in [6.45, 7) is 9.22. The highest BCUT2D eigenvalue weighted by atomic mass is 32.1. The number of hydrogen-bond acceptors (Lipinski definition) is 4. The fraction of sp³-hybridized carbons (Fsp3) is 0.769. The van der Waals surface area contributed by atoms with Gasteiger partial charge in [0.25, 0.3) is 0 Å². The zero-order valence-corrected chi connectivity index (χ0v) is 12.2. The van der Waals surface area contributed by atoms with Crippen molar-refractivity contribution in [2.75, 3.05) is 13.7 Å². The second-order valence-electron chi connectivity index (χ2n) is 4.34. The molecule has 0 fully saturated rings. The number of nitrogens with zero attached hydrogens (tertiary/aromatic N) is 1. The van der Waals surface area contributed by atoms with E-state index in [1.54, 1.807) is 7.11 Å². The fourth-order valence-electron chi connectivity index (χ4n) is 1.56. The molecule has 0 saturated carbocycles. The first-order valence-electron chi connectivity index (χ1n) is 6.41. The molecular formula is C13H24N2OS. The van der Waals surface area contributed by atoms with Crippen molar-refractivity contribution in [3.63, 3.8) is 0 Å². The summed E-state index contributed by atoms with van der Waals surface area (Å²) in [5.74, 6) is 0.551. The highest BCUT2D eigenvalue weighted by Gasteiger charge is 2.14. The van der Waals surface area contributed by atoms with Crippen LogP contribution in [0.1, 0.15) is 55.1 Å². The Balaban J connectivity index is 2.73. The van der Waals surface area contributed by atoms with Crippen LogP contribution >= 0.6 is 11.3 Å². The molecule has 1 atom stereocenters.